The first-order valence-corrected chi connectivity index (χ1v) is 4.56. The lowest BCUT2D eigenvalue weighted by Crippen LogP contribution is -2.12. The zero-order chi connectivity index (χ0) is 9.84. The molecule has 3 heteroatoms. The third-order valence-electron chi connectivity index (χ3n) is 1.85. The van der Waals surface area contributed by atoms with Gasteiger partial charge in [-0.25, -0.2) is 4.98 Å². The van der Waals surface area contributed by atoms with Crippen LogP contribution in [0.5, 0.6) is 0 Å². The molecule has 1 aromatic heterocycles. The van der Waals surface area contributed by atoms with E-state index in [0.29, 0.717) is 12.6 Å². The number of nitrogens with one attached hydrogen (secondary N) is 1. The standard InChI is InChI=1S/C10H17N3/c1-7(2)12-10-5-4-9(6-11)8(3)13-10/h4-5,7H,6,11H2,1-3H3,(H,12,13). The predicted octanol–water partition coefficient (Wildman–Crippen LogP) is 1.67. The maximum absolute atomic E-state index is 5.54. The minimum absolute atomic E-state index is 0.413. The minimum atomic E-state index is 0.413. The van der Waals surface area contributed by atoms with E-state index in [4.69, 9.17) is 5.73 Å². The molecule has 0 bridgehead atoms. The van der Waals surface area contributed by atoms with Crippen molar-refractivity contribution in [3.8, 4) is 0 Å². The lowest BCUT2D eigenvalue weighted by atomic mass is 10.2. The number of aromatic nitrogens is 1. The van der Waals surface area contributed by atoms with Crippen molar-refractivity contribution in [2.75, 3.05) is 5.32 Å². The number of pyridine rings is 1. The highest BCUT2D eigenvalue weighted by Crippen LogP contribution is 2.10. The van der Waals surface area contributed by atoms with E-state index in [1.54, 1.807) is 0 Å². The van der Waals surface area contributed by atoms with Crippen LogP contribution in [0.4, 0.5) is 5.82 Å². The van der Waals surface area contributed by atoms with E-state index in [1.165, 1.54) is 0 Å². The van der Waals surface area contributed by atoms with E-state index in [0.717, 1.165) is 17.1 Å². The summed E-state index contributed by atoms with van der Waals surface area (Å²) < 4.78 is 0. The number of nitrogens with two attached hydrogens (primary N) is 1. The van der Waals surface area contributed by atoms with E-state index < -0.39 is 0 Å². The normalized spacial score (nSPS) is 10.5. The van der Waals surface area contributed by atoms with E-state index >= 15 is 0 Å². The molecule has 72 valence electrons. The van der Waals surface area contributed by atoms with Crippen LogP contribution in [-0.2, 0) is 6.54 Å². The van der Waals surface area contributed by atoms with Crippen LogP contribution in [0.3, 0.4) is 0 Å². The van der Waals surface area contributed by atoms with Crippen LogP contribution in [-0.4, -0.2) is 11.0 Å². The molecule has 1 heterocycles. The van der Waals surface area contributed by atoms with E-state index in [-0.39, 0.29) is 0 Å². The zero-order valence-corrected chi connectivity index (χ0v) is 8.46. The maximum atomic E-state index is 5.54. The van der Waals surface area contributed by atoms with Crippen molar-refractivity contribution in [2.45, 2.75) is 33.4 Å². The molecule has 0 amide bonds. The Morgan fingerprint density at radius 3 is 2.62 bits per heavy atom. The Morgan fingerprint density at radius 2 is 2.15 bits per heavy atom. The van der Waals surface area contributed by atoms with Gasteiger partial charge in [-0.3, -0.25) is 0 Å². The zero-order valence-electron chi connectivity index (χ0n) is 8.46. The predicted molar refractivity (Wildman–Crippen MR) is 55.6 cm³/mol. The topological polar surface area (TPSA) is 50.9 Å². The summed E-state index contributed by atoms with van der Waals surface area (Å²) in [6.07, 6.45) is 0. The number of hydrogen-bond donors (Lipinski definition) is 2. The highest BCUT2D eigenvalue weighted by atomic mass is 15.0. The molecule has 0 aliphatic rings. The number of anilines is 1. The third-order valence-corrected chi connectivity index (χ3v) is 1.85. The summed E-state index contributed by atoms with van der Waals surface area (Å²) in [6, 6.07) is 4.40. The lowest BCUT2D eigenvalue weighted by Gasteiger charge is -2.10. The quantitative estimate of drug-likeness (QED) is 0.742. The van der Waals surface area contributed by atoms with Gasteiger partial charge in [-0.15, -0.1) is 0 Å². The fraction of sp³-hybridized carbons (Fsp3) is 0.500. The molecule has 1 aromatic rings. The van der Waals surface area contributed by atoms with Crippen molar-refractivity contribution < 1.29 is 0 Å². The van der Waals surface area contributed by atoms with Gasteiger partial charge >= 0.3 is 0 Å². The molecule has 0 atom stereocenters. The average molecular weight is 179 g/mol. The van der Waals surface area contributed by atoms with Gasteiger partial charge in [0.25, 0.3) is 0 Å². The Bertz CT molecular complexity index is 281. The number of hydrogen-bond acceptors (Lipinski definition) is 3. The van der Waals surface area contributed by atoms with Crippen LogP contribution in [0.15, 0.2) is 12.1 Å². The smallest absolute Gasteiger partial charge is 0.126 e. The Balaban J connectivity index is 2.83. The van der Waals surface area contributed by atoms with Gasteiger partial charge in [0.05, 0.1) is 0 Å². The minimum Gasteiger partial charge on any atom is -0.368 e. The number of nitrogens with zero attached hydrogens (tertiary/aromatic N) is 1. The van der Waals surface area contributed by atoms with Crippen LogP contribution < -0.4 is 11.1 Å². The molecule has 0 aromatic carbocycles. The molecular weight excluding hydrogens is 162 g/mol. The molecule has 13 heavy (non-hydrogen) atoms. The molecule has 3 N–H and O–H groups in total. The van der Waals surface area contributed by atoms with Gasteiger partial charge in [-0.05, 0) is 32.4 Å². The molecule has 0 saturated carbocycles. The number of aryl methyl sites for hydroxylation is 1. The first-order valence-electron chi connectivity index (χ1n) is 4.56. The molecule has 0 aliphatic carbocycles. The van der Waals surface area contributed by atoms with Gasteiger partial charge in [-0.1, -0.05) is 6.07 Å². The molecule has 1 rings (SSSR count). The first kappa shape index (κ1) is 9.99. The highest BCUT2D eigenvalue weighted by molar-refractivity contribution is 5.39. The summed E-state index contributed by atoms with van der Waals surface area (Å²) in [5, 5.41) is 3.24. The third kappa shape index (κ3) is 2.70. The van der Waals surface area contributed by atoms with Crippen LogP contribution in [0, 0.1) is 6.92 Å². The second kappa shape index (κ2) is 4.23. The summed E-state index contributed by atoms with van der Waals surface area (Å²) in [7, 11) is 0. The van der Waals surface area contributed by atoms with E-state index in [2.05, 4.69) is 24.1 Å². The summed E-state index contributed by atoms with van der Waals surface area (Å²) in [5.41, 5.74) is 7.65. The van der Waals surface area contributed by atoms with Crippen molar-refractivity contribution >= 4 is 5.82 Å². The van der Waals surface area contributed by atoms with Gasteiger partial charge in [0.15, 0.2) is 0 Å². The van der Waals surface area contributed by atoms with Gasteiger partial charge < -0.3 is 11.1 Å². The summed E-state index contributed by atoms with van der Waals surface area (Å²) in [6.45, 7) is 6.72. The molecule has 0 unspecified atom stereocenters. The molecule has 0 saturated heterocycles. The van der Waals surface area contributed by atoms with Gasteiger partial charge in [-0.2, -0.15) is 0 Å². The summed E-state index contributed by atoms with van der Waals surface area (Å²) >= 11 is 0. The largest absolute Gasteiger partial charge is 0.368 e. The SMILES string of the molecule is Cc1nc(NC(C)C)ccc1CN. The average Bonchev–Trinajstić information content (AvgIpc) is 2.03. The molecule has 3 nitrogen and oxygen atoms in total. The number of rotatable bonds is 3. The van der Waals surface area contributed by atoms with Crippen LogP contribution in [0.2, 0.25) is 0 Å². The fourth-order valence-corrected chi connectivity index (χ4v) is 1.18. The lowest BCUT2D eigenvalue weighted by molar-refractivity contribution is 0.883. The van der Waals surface area contributed by atoms with Crippen LogP contribution >= 0.6 is 0 Å². The van der Waals surface area contributed by atoms with Crippen molar-refractivity contribution in [1.82, 2.24) is 4.98 Å². The Labute approximate surface area is 79.4 Å². The summed E-state index contributed by atoms with van der Waals surface area (Å²) in [4.78, 5) is 4.39. The molecular formula is C10H17N3. The van der Waals surface area contributed by atoms with Gasteiger partial charge in [0.1, 0.15) is 5.82 Å². The van der Waals surface area contributed by atoms with Crippen LogP contribution in [0.1, 0.15) is 25.1 Å². The highest BCUT2D eigenvalue weighted by Gasteiger charge is 2.00. The second-order valence-electron chi connectivity index (χ2n) is 3.44. The van der Waals surface area contributed by atoms with E-state index in [9.17, 15) is 0 Å². The maximum Gasteiger partial charge on any atom is 0.126 e. The van der Waals surface area contributed by atoms with Crippen molar-refractivity contribution in [3.63, 3.8) is 0 Å². The van der Waals surface area contributed by atoms with Crippen LogP contribution in [0.25, 0.3) is 0 Å². The fourth-order valence-electron chi connectivity index (χ4n) is 1.18. The molecule has 0 aliphatic heterocycles. The second-order valence-corrected chi connectivity index (χ2v) is 3.44. The molecule has 0 radical (unpaired) electrons. The molecule has 0 fully saturated rings. The first-order chi connectivity index (χ1) is 6.13. The Morgan fingerprint density at radius 1 is 1.46 bits per heavy atom. The summed E-state index contributed by atoms with van der Waals surface area (Å²) in [5.74, 6) is 0.921. The van der Waals surface area contributed by atoms with Crippen molar-refractivity contribution in [2.24, 2.45) is 5.73 Å². The Kier molecular flexibility index (Phi) is 3.25. The van der Waals surface area contributed by atoms with E-state index in [1.807, 2.05) is 19.1 Å². The van der Waals surface area contributed by atoms with Gasteiger partial charge in [0.2, 0.25) is 0 Å². The molecule has 0 spiro atoms. The Hall–Kier alpha value is -1.09. The van der Waals surface area contributed by atoms with Gasteiger partial charge in [0, 0.05) is 18.3 Å². The van der Waals surface area contributed by atoms with Crippen molar-refractivity contribution in [3.05, 3.63) is 23.4 Å². The monoisotopic (exact) mass is 179 g/mol. The van der Waals surface area contributed by atoms with Crippen molar-refractivity contribution in [1.29, 1.82) is 0 Å².